The maximum Gasteiger partial charge on any atom is 0.224 e. The summed E-state index contributed by atoms with van der Waals surface area (Å²) >= 11 is 0. The molecule has 17 heavy (non-hydrogen) atoms. The fraction of sp³-hybridized carbons (Fsp3) is 0.917. The predicted molar refractivity (Wildman–Crippen MR) is 65.6 cm³/mol. The second-order valence-corrected chi connectivity index (χ2v) is 4.33. The van der Waals surface area contributed by atoms with Crippen molar-refractivity contribution in [1.82, 2.24) is 10.6 Å². The quantitative estimate of drug-likeness (QED) is 0.635. The number of nitrogens with one attached hydrogen (secondary N) is 2. The van der Waals surface area contributed by atoms with Gasteiger partial charge < -0.3 is 20.1 Å². The van der Waals surface area contributed by atoms with Crippen molar-refractivity contribution in [3.05, 3.63) is 0 Å². The van der Waals surface area contributed by atoms with Crippen LogP contribution in [0.3, 0.4) is 0 Å². The molecule has 1 saturated heterocycles. The SMILES string of the molecule is CCOC(CNC(=O)C1CNCC1C)OCC. The molecule has 0 spiro atoms. The van der Waals surface area contributed by atoms with Crippen LogP contribution >= 0.6 is 0 Å². The van der Waals surface area contributed by atoms with Crippen molar-refractivity contribution in [2.45, 2.75) is 27.1 Å². The third-order valence-electron chi connectivity index (χ3n) is 3.00. The van der Waals surface area contributed by atoms with E-state index in [1.807, 2.05) is 13.8 Å². The molecule has 1 amide bonds. The van der Waals surface area contributed by atoms with E-state index in [1.165, 1.54) is 0 Å². The first kappa shape index (κ1) is 14.4. The summed E-state index contributed by atoms with van der Waals surface area (Å²) in [7, 11) is 0. The van der Waals surface area contributed by atoms with Gasteiger partial charge in [0.15, 0.2) is 6.29 Å². The van der Waals surface area contributed by atoms with E-state index in [2.05, 4.69) is 17.6 Å². The first-order valence-electron chi connectivity index (χ1n) is 6.40. The fourth-order valence-corrected chi connectivity index (χ4v) is 2.01. The molecule has 1 heterocycles. The number of carbonyl (C=O) groups is 1. The summed E-state index contributed by atoms with van der Waals surface area (Å²) in [4.78, 5) is 11.9. The van der Waals surface area contributed by atoms with Crippen LogP contribution in [0.15, 0.2) is 0 Å². The Labute approximate surface area is 103 Å². The predicted octanol–water partition coefficient (Wildman–Crippen LogP) is 0.357. The van der Waals surface area contributed by atoms with E-state index in [0.29, 0.717) is 25.7 Å². The molecule has 0 radical (unpaired) electrons. The van der Waals surface area contributed by atoms with Gasteiger partial charge in [-0.15, -0.1) is 0 Å². The lowest BCUT2D eigenvalue weighted by atomic mass is 9.97. The molecule has 0 aromatic rings. The van der Waals surface area contributed by atoms with Crippen molar-refractivity contribution >= 4 is 5.91 Å². The fourth-order valence-electron chi connectivity index (χ4n) is 2.01. The van der Waals surface area contributed by atoms with Crippen LogP contribution in [0.5, 0.6) is 0 Å². The van der Waals surface area contributed by atoms with Crippen LogP contribution in [0.4, 0.5) is 0 Å². The monoisotopic (exact) mass is 244 g/mol. The highest BCUT2D eigenvalue weighted by molar-refractivity contribution is 5.79. The highest BCUT2D eigenvalue weighted by atomic mass is 16.7. The van der Waals surface area contributed by atoms with Crippen LogP contribution in [-0.4, -0.2) is 45.0 Å². The maximum atomic E-state index is 11.9. The molecule has 0 aliphatic carbocycles. The summed E-state index contributed by atoms with van der Waals surface area (Å²) in [6.45, 7) is 9.19. The number of amides is 1. The lowest BCUT2D eigenvalue weighted by molar-refractivity contribution is -0.142. The summed E-state index contributed by atoms with van der Waals surface area (Å²) < 4.78 is 10.7. The summed E-state index contributed by atoms with van der Waals surface area (Å²) in [5.74, 6) is 0.554. The van der Waals surface area contributed by atoms with E-state index in [9.17, 15) is 4.79 Å². The zero-order valence-corrected chi connectivity index (χ0v) is 11.0. The van der Waals surface area contributed by atoms with Crippen molar-refractivity contribution in [2.75, 3.05) is 32.8 Å². The minimum absolute atomic E-state index is 0.0684. The Kier molecular flexibility index (Phi) is 6.47. The van der Waals surface area contributed by atoms with Gasteiger partial charge in [-0.25, -0.2) is 0 Å². The number of hydrogen-bond donors (Lipinski definition) is 2. The number of rotatable bonds is 7. The maximum absolute atomic E-state index is 11.9. The molecule has 0 aromatic carbocycles. The third-order valence-corrected chi connectivity index (χ3v) is 3.00. The van der Waals surface area contributed by atoms with Crippen molar-refractivity contribution in [3.63, 3.8) is 0 Å². The Morgan fingerprint density at radius 3 is 2.47 bits per heavy atom. The largest absolute Gasteiger partial charge is 0.351 e. The molecular formula is C12H24N2O3. The van der Waals surface area contributed by atoms with Gasteiger partial charge in [-0.3, -0.25) is 4.79 Å². The van der Waals surface area contributed by atoms with Gasteiger partial charge in [-0.2, -0.15) is 0 Å². The van der Waals surface area contributed by atoms with Crippen molar-refractivity contribution in [2.24, 2.45) is 11.8 Å². The molecule has 0 bridgehead atoms. The van der Waals surface area contributed by atoms with Crippen LogP contribution in [0, 0.1) is 11.8 Å². The second-order valence-electron chi connectivity index (χ2n) is 4.33. The molecule has 2 unspecified atom stereocenters. The van der Waals surface area contributed by atoms with E-state index in [0.717, 1.165) is 13.1 Å². The van der Waals surface area contributed by atoms with E-state index in [4.69, 9.17) is 9.47 Å². The van der Waals surface area contributed by atoms with Gasteiger partial charge in [0.2, 0.25) is 5.91 Å². The molecule has 0 aromatic heterocycles. The van der Waals surface area contributed by atoms with Gasteiger partial charge in [0.05, 0.1) is 12.5 Å². The number of ether oxygens (including phenoxy) is 2. The smallest absolute Gasteiger partial charge is 0.224 e. The summed E-state index contributed by atoms with van der Waals surface area (Å²) in [5.41, 5.74) is 0. The minimum Gasteiger partial charge on any atom is -0.351 e. The molecule has 2 N–H and O–H groups in total. The Bertz CT molecular complexity index is 230. The highest BCUT2D eigenvalue weighted by Gasteiger charge is 2.29. The lowest BCUT2D eigenvalue weighted by Gasteiger charge is -2.19. The molecule has 1 aliphatic heterocycles. The standard InChI is InChI=1S/C12H24N2O3/c1-4-16-11(17-5-2)8-14-12(15)10-7-13-6-9(10)3/h9-11,13H,4-8H2,1-3H3,(H,14,15). The van der Waals surface area contributed by atoms with Crippen LogP contribution in [0.1, 0.15) is 20.8 Å². The Morgan fingerprint density at radius 1 is 1.35 bits per heavy atom. The third kappa shape index (κ3) is 4.61. The minimum atomic E-state index is -0.335. The number of carbonyl (C=O) groups excluding carboxylic acids is 1. The highest BCUT2D eigenvalue weighted by Crippen LogP contribution is 2.15. The normalized spacial score (nSPS) is 24.2. The van der Waals surface area contributed by atoms with E-state index >= 15 is 0 Å². The molecule has 2 atom stereocenters. The van der Waals surface area contributed by atoms with Crippen LogP contribution in [0.25, 0.3) is 0 Å². The number of hydrogen-bond acceptors (Lipinski definition) is 4. The topological polar surface area (TPSA) is 59.6 Å². The first-order chi connectivity index (χ1) is 8.19. The van der Waals surface area contributed by atoms with Crippen molar-refractivity contribution < 1.29 is 14.3 Å². The average Bonchev–Trinajstić information content (AvgIpc) is 2.72. The average molecular weight is 244 g/mol. The molecular weight excluding hydrogens is 220 g/mol. The molecule has 1 fully saturated rings. The molecule has 0 saturated carbocycles. The van der Waals surface area contributed by atoms with Gasteiger partial charge in [0.1, 0.15) is 0 Å². The van der Waals surface area contributed by atoms with Gasteiger partial charge in [0.25, 0.3) is 0 Å². The van der Waals surface area contributed by atoms with Crippen LogP contribution in [-0.2, 0) is 14.3 Å². The molecule has 1 rings (SSSR count). The van der Waals surface area contributed by atoms with Crippen molar-refractivity contribution in [3.8, 4) is 0 Å². The molecule has 5 heteroatoms. The van der Waals surface area contributed by atoms with E-state index in [1.54, 1.807) is 0 Å². The molecule has 100 valence electrons. The van der Waals surface area contributed by atoms with Crippen molar-refractivity contribution in [1.29, 1.82) is 0 Å². The second kappa shape index (κ2) is 7.63. The first-order valence-corrected chi connectivity index (χ1v) is 6.40. The van der Waals surface area contributed by atoms with Gasteiger partial charge >= 0.3 is 0 Å². The van der Waals surface area contributed by atoms with Gasteiger partial charge in [-0.05, 0) is 26.3 Å². The molecule has 5 nitrogen and oxygen atoms in total. The van der Waals surface area contributed by atoms with E-state index < -0.39 is 0 Å². The van der Waals surface area contributed by atoms with Crippen LogP contribution < -0.4 is 10.6 Å². The summed E-state index contributed by atoms with van der Waals surface area (Å²) in [6, 6.07) is 0. The summed E-state index contributed by atoms with van der Waals surface area (Å²) in [6.07, 6.45) is -0.335. The summed E-state index contributed by atoms with van der Waals surface area (Å²) in [5, 5.41) is 6.11. The van der Waals surface area contributed by atoms with Gasteiger partial charge in [0, 0.05) is 19.8 Å². The van der Waals surface area contributed by atoms with Crippen LogP contribution in [0.2, 0.25) is 0 Å². The Balaban J connectivity index is 2.29. The zero-order chi connectivity index (χ0) is 12.7. The zero-order valence-electron chi connectivity index (χ0n) is 11.0. The van der Waals surface area contributed by atoms with E-state index in [-0.39, 0.29) is 18.1 Å². The Hall–Kier alpha value is -0.650. The molecule has 1 aliphatic rings. The van der Waals surface area contributed by atoms with Gasteiger partial charge in [-0.1, -0.05) is 6.92 Å². The lowest BCUT2D eigenvalue weighted by Crippen LogP contribution is -2.40. The Morgan fingerprint density at radius 2 is 2.00 bits per heavy atom.